The van der Waals surface area contributed by atoms with E-state index in [0.717, 1.165) is 12.8 Å². The minimum atomic E-state index is -0.140. The molecule has 0 aliphatic carbocycles. The molecule has 0 aliphatic rings. The number of aliphatic hydroxyl groups excluding tert-OH is 1. The molecule has 0 bridgehead atoms. The van der Waals surface area contributed by atoms with Crippen LogP contribution in [0.4, 0.5) is 4.79 Å². The summed E-state index contributed by atoms with van der Waals surface area (Å²) in [7, 11) is 0. The number of hydrogen-bond donors (Lipinski definition) is 3. The number of rotatable bonds is 7. The first-order valence-corrected chi connectivity index (χ1v) is 6.83. The quantitative estimate of drug-likeness (QED) is 0.705. The average Bonchev–Trinajstić information content (AvgIpc) is 2.38. The molecular formula is C15H24N2O2. The molecule has 0 heterocycles. The Kier molecular flexibility index (Phi) is 6.97. The van der Waals surface area contributed by atoms with Gasteiger partial charge in [-0.05, 0) is 44.2 Å². The number of amides is 2. The van der Waals surface area contributed by atoms with Crippen LogP contribution >= 0.6 is 0 Å². The maximum absolute atomic E-state index is 11.6. The number of nitrogens with one attached hydrogen (secondary N) is 2. The molecule has 0 saturated carbocycles. The first kappa shape index (κ1) is 15.5. The SMILES string of the molecule is Cc1ccccc1CCNC(=O)NC(C)CCCO. The largest absolute Gasteiger partial charge is 0.396 e. The zero-order valence-corrected chi connectivity index (χ0v) is 11.8. The highest BCUT2D eigenvalue weighted by Crippen LogP contribution is 2.06. The highest BCUT2D eigenvalue weighted by atomic mass is 16.3. The van der Waals surface area contributed by atoms with Crippen molar-refractivity contribution < 1.29 is 9.90 Å². The molecule has 4 heteroatoms. The van der Waals surface area contributed by atoms with Crippen LogP contribution in [0.1, 0.15) is 30.9 Å². The Morgan fingerprint density at radius 2 is 2.11 bits per heavy atom. The van der Waals surface area contributed by atoms with Gasteiger partial charge in [0.15, 0.2) is 0 Å². The third-order valence-electron chi connectivity index (χ3n) is 3.11. The van der Waals surface area contributed by atoms with Gasteiger partial charge in [-0.1, -0.05) is 24.3 Å². The number of aliphatic hydroxyl groups is 1. The standard InChI is InChI=1S/C15H24N2O2/c1-12-6-3-4-8-14(12)9-10-16-15(19)17-13(2)7-5-11-18/h3-4,6,8,13,18H,5,7,9-11H2,1-2H3,(H2,16,17,19). The molecule has 2 amide bonds. The van der Waals surface area contributed by atoms with Crippen molar-refractivity contribution in [2.45, 2.75) is 39.2 Å². The molecular weight excluding hydrogens is 240 g/mol. The molecule has 0 spiro atoms. The predicted octanol–water partition coefficient (Wildman–Crippen LogP) is 2.00. The molecule has 1 aromatic carbocycles. The van der Waals surface area contributed by atoms with Gasteiger partial charge in [-0.15, -0.1) is 0 Å². The van der Waals surface area contributed by atoms with Crippen LogP contribution in [0.3, 0.4) is 0 Å². The second kappa shape index (κ2) is 8.53. The van der Waals surface area contributed by atoms with E-state index in [-0.39, 0.29) is 18.7 Å². The number of carbonyl (C=O) groups is 1. The third-order valence-corrected chi connectivity index (χ3v) is 3.11. The molecule has 1 aromatic rings. The Morgan fingerprint density at radius 3 is 2.79 bits per heavy atom. The van der Waals surface area contributed by atoms with Crippen molar-refractivity contribution >= 4 is 6.03 Å². The van der Waals surface area contributed by atoms with Crippen LogP contribution < -0.4 is 10.6 Å². The van der Waals surface area contributed by atoms with E-state index >= 15 is 0 Å². The fourth-order valence-electron chi connectivity index (χ4n) is 1.95. The number of urea groups is 1. The molecule has 106 valence electrons. The Balaban J connectivity index is 2.22. The van der Waals surface area contributed by atoms with Gasteiger partial charge in [-0.2, -0.15) is 0 Å². The van der Waals surface area contributed by atoms with E-state index < -0.39 is 0 Å². The second-order valence-corrected chi connectivity index (χ2v) is 4.84. The summed E-state index contributed by atoms with van der Waals surface area (Å²) in [6.45, 7) is 4.81. The monoisotopic (exact) mass is 264 g/mol. The highest BCUT2D eigenvalue weighted by Gasteiger charge is 2.06. The maximum Gasteiger partial charge on any atom is 0.315 e. The molecule has 3 N–H and O–H groups in total. The van der Waals surface area contributed by atoms with E-state index in [1.807, 2.05) is 19.1 Å². The Bertz CT molecular complexity index is 393. The van der Waals surface area contributed by atoms with E-state index in [4.69, 9.17) is 5.11 Å². The molecule has 1 atom stereocenters. The molecule has 1 rings (SSSR count). The van der Waals surface area contributed by atoms with Gasteiger partial charge in [-0.3, -0.25) is 0 Å². The molecule has 0 aromatic heterocycles. The van der Waals surface area contributed by atoms with Crippen molar-refractivity contribution in [3.63, 3.8) is 0 Å². The van der Waals surface area contributed by atoms with E-state index in [1.54, 1.807) is 0 Å². The first-order valence-electron chi connectivity index (χ1n) is 6.83. The van der Waals surface area contributed by atoms with Gasteiger partial charge in [-0.25, -0.2) is 4.79 Å². The van der Waals surface area contributed by atoms with Gasteiger partial charge in [0.2, 0.25) is 0 Å². The number of carbonyl (C=O) groups excluding carboxylic acids is 1. The minimum absolute atomic E-state index is 0.0885. The zero-order valence-electron chi connectivity index (χ0n) is 11.8. The van der Waals surface area contributed by atoms with Crippen LogP contribution in [0, 0.1) is 6.92 Å². The van der Waals surface area contributed by atoms with Crippen molar-refractivity contribution in [2.75, 3.05) is 13.2 Å². The normalized spacial score (nSPS) is 11.9. The smallest absolute Gasteiger partial charge is 0.315 e. The molecule has 0 fully saturated rings. The topological polar surface area (TPSA) is 61.4 Å². The van der Waals surface area contributed by atoms with Crippen LogP contribution in [-0.4, -0.2) is 30.3 Å². The van der Waals surface area contributed by atoms with Crippen molar-refractivity contribution in [3.8, 4) is 0 Å². The summed E-state index contributed by atoms with van der Waals surface area (Å²) in [5, 5.41) is 14.4. The summed E-state index contributed by atoms with van der Waals surface area (Å²) in [4.78, 5) is 11.6. The second-order valence-electron chi connectivity index (χ2n) is 4.84. The van der Waals surface area contributed by atoms with Gasteiger partial charge < -0.3 is 15.7 Å². The minimum Gasteiger partial charge on any atom is -0.396 e. The molecule has 19 heavy (non-hydrogen) atoms. The van der Waals surface area contributed by atoms with Gasteiger partial charge in [0.1, 0.15) is 0 Å². The van der Waals surface area contributed by atoms with Crippen molar-refractivity contribution in [3.05, 3.63) is 35.4 Å². The lowest BCUT2D eigenvalue weighted by atomic mass is 10.1. The Labute approximate surface area is 115 Å². The Morgan fingerprint density at radius 1 is 1.37 bits per heavy atom. The average molecular weight is 264 g/mol. The van der Waals surface area contributed by atoms with Crippen LogP contribution in [0.5, 0.6) is 0 Å². The Hall–Kier alpha value is -1.55. The molecule has 0 radical (unpaired) electrons. The van der Waals surface area contributed by atoms with E-state index in [1.165, 1.54) is 11.1 Å². The van der Waals surface area contributed by atoms with Gasteiger partial charge in [0, 0.05) is 19.2 Å². The van der Waals surface area contributed by atoms with Crippen LogP contribution in [0.2, 0.25) is 0 Å². The molecule has 4 nitrogen and oxygen atoms in total. The fraction of sp³-hybridized carbons (Fsp3) is 0.533. The maximum atomic E-state index is 11.6. The van der Waals surface area contributed by atoms with Gasteiger partial charge in [0.05, 0.1) is 0 Å². The number of hydrogen-bond acceptors (Lipinski definition) is 2. The fourth-order valence-corrected chi connectivity index (χ4v) is 1.95. The zero-order chi connectivity index (χ0) is 14.1. The summed E-state index contributed by atoms with van der Waals surface area (Å²) >= 11 is 0. The summed E-state index contributed by atoms with van der Waals surface area (Å²) in [6.07, 6.45) is 2.34. The lowest BCUT2D eigenvalue weighted by Gasteiger charge is -2.14. The van der Waals surface area contributed by atoms with E-state index in [0.29, 0.717) is 13.0 Å². The predicted molar refractivity (Wildman–Crippen MR) is 77.2 cm³/mol. The van der Waals surface area contributed by atoms with Crippen LogP contribution in [-0.2, 0) is 6.42 Å². The van der Waals surface area contributed by atoms with Gasteiger partial charge >= 0.3 is 6.03 Å². The number of benzene rings is 1. The summed E-state index contributed by atoms with van der Waals surface area (Å²) < 4.78 is 0. The van der Waals surface area contributed by atoms with E-state index in [9.17, 15) is 4.79 Å². The molecule has 0 aliphatic heterocycles. The lowest BCUT2D eigenvalue weighted by molar-refractivity contribution is 0.234. The van der Waals surface area contributed by atoms with Crippen molar-refractivity contribution in [2.24, 2.45) is 0 Å². The van der Waals surface area contributed by atoms with Crippen molar-refractivity contribution in [1.29, 1.82) is 0 Å². The van der Waals surface area contributed by atoms with Crippen LogP contribution in [0.15, 0.2) is 24.3 Å². The van der Waals surface area contributed by atoms with E-state index in [2.05, 4.69) is 29.7 Å². The first-order chi connectivity index (χ1) is 9.13. The van der Waals surface area contributed by atoms with Gasteiger partial charge in [0.25, 0.3) is 0 Å². The number of aryl methyl sites for hydroxylation is 1. The summed E-state index contributed by atoms with van der Waals surface area (Å²) in [5.74, 6) is 0. The molecule has 1 unspecified atom stereocenters. The lowest BCUT2D eigenvalue weighted by Crippen LogP contribution is -2.41. The summed E-state index contributed by atoms with van der Waals surface area (Å²) in [6, 6.07) is 8.14. The molecule has 0 saturated heterocycles. The van der Waals surface area contributed by atoms with Crippen molar-refractivity contribution in [1.82, 2.24) is 10.6 Å². The third kappa shape index (κ3) is 6.25. The summed E-state index contributed by atoms with van der Waals surface area (Å²) in [5.41, 5.74) is 2.51. The highest BCUT2D eigenvalue weighted by molar-refractivity contribution is 5.74. The van der Waals surface area contributed by atoms with Crippen LogP contribution in [0.25, 0.3) is 0 Å².